The van der Waals surface area contributed by atoms with Crippen LogP contribution in [0.1, 0.15) is 91.9 Å². The second-order valence-corrected chi connectivity index (χ2v) is 15.5. The Morgan fingerprint density at radius 3 is 2.52 bits per heavy atom. The Balaban J connectivity index is 1.33. The Labute approximate surface area is 243 Å². The van der Waals surface area contributed by atoms with E-state index in [2.05, 4.69) is 32.7 Å². The van der Waals surface area contributed by atoms with Crippen molar-refractivity contribution in [3.05, 3.63) is 12.7 Å². The highest BCUT2D eigenvalue weighted by Gasteiger charge is 2.68. The lowest BCUT2D eigenvalue weighted by atomic mass is 9.44. The van der Waals surface area contributed by atoms with Crippen LogP contribution in [0.5, 0.6) is 0 Å². The number of ether oxygens (including phenoxy) is 1. The largest absolute Gasteiger partial charge is 0.461 e. The summed E-state index contributed by atoms with van der Waals surface area (Å²) in [5.41, 5.74) is -1.49. The molecule has 224 valence electrons. The van der Waals surface area contributed by atoms with Crippen molar-refractivity contribution in [1.82, 2.24) is 5.32 Å². The van der Waals surface area contributed by atoms with E-state index in [1.165, 1.54) is 11.8 Å². The number of Topliss-reactive ketones (excluding diaryl/α,β-unsaturated/α-hetero) is 1. The summed E-state index contributed by atoms with van der Waals surface area (Å²) < 4.78 is 6.36. The minimum absolute atomic E-state index is 0.0240. The molecular weight excluding hydrogens is 526 g/mol. The fourth-order valence-corrected chi connectivity index (χ4v) is 10.1. The summed E-state index contributed by atoms with van der Waals surface area (Å²) in [5, 5.41) is 25.3. The molecule has 2 bridgehead atoms. The van der Waals surface area contributed by atoms with Gasteiger partial charge in [0.25, 0.3) is 0 Å². The zero-order valence-electron chi connectivity index (χ0n) is 24.7. The highest BCUT2D eigenvalue weighted by molar-refractivity contribution is 8.00. The Morgan fingerprint density at radius 2 is 1.85 bits per heavy atom. The Bertz CT molecular complexity index is 1030. The minimum atomic E-state index is -0.688. The van der Waals surface area contributed by atoms with Gasteiger partial charge in [0.2, 0.25) is 5.91 Å². The van der Waals surface area contributed by atoms with Crippen molar-refractivity contribution >= 4 is 29.4 Å². The number of ketones is 1. The molecule has 3 N–H and O–H groups in total. The monoisotopic (exact) mass is 575 g/mol. The first kappa shape index (κ1) is 30.1. The molecule has 7 nitrogen and oxygen atoms in total. The van der Waals surface area contributed by atoms with E-state index in [-0.39, 0.29) is 63.8 Å². The van der Waals surface area contributed by atoms with E-state index in [0.717, 1.165) is 38.5 Å². The summed E-state index contributed by atoms with van der Waals surface area (Å²) in [6, 6.07) is 0.0240. The molecule has 0 aliphatic heterocycles. The number of aliphatic hydroxyl groups excluding tert-OH is 2. The molecule has 5 saturated carbocycles. The molecule has 0 radical (unpaired) electrons. The van der Waals surface area contributed by atoms with Crippen LogP contribution in [0.15, 0.2) is 12.7 Å². The quantitative estimate of drug-likeness (QED) is 0.304. The molecule has 2 unspecified atom stereocenters. The topological polar surface area (TPSA) is 113 Å². The van der Waals surface area contributed by atoms with Gasteiger partial charge < -0.3 is 20.3 Å². The third-order valence-electron chi connectivity index (χ3n) is 12.0. The van der Waals surface area contributed by atoms with Gasteiger partial charge in [0.15, 0.2) is 0 Å². The van der Waals surface area contributed by atoms with Crippen LogP contribution in [0.3, 0.4) is 0 Å². The predicted octanol–water partition coefficient (Wildman–Crippen LogP) is 4.43. The number of aliphatic hydroxyl groups is 2. The normalized spacial score (nSPS) is 47.0. The second kappa shape index (κ2) is 11.0. The van der Waals surface area contributed by atoms with E-state index in [4.69, 9.17) is 4.74 Å². The van der Waals surface area contributed by atoms with Crippen molar-refractivity contribution in [2.24, 2.45) is 39.9 Å². The van der Waals surface area contributed by atoms with E-state index in [0.29, 0.717) is 25.7 Å². The molecule has 1 amide bonds. The highest BCUT2D eigenvalue weighted by Crippen LogP contribution is 2.68. The van der Waals surface area contributed by atoms with Gasteiger partial charge in [0.05, 0.1) is 18.0 Å². The molecule has 5 fully saturated rings. The molecule has 5 aliphatic carbocycles. The number of rotatable bonds is 7. The standard InChI is InChI=1S/C32H49NO6S/c1-6-30(4)16-25(31(5)18(2)11-13-32(19(3)28(30)37)14-12-23(35)27(31)32)39-26(36)17-40-24-15-21(9-10-22(24)34)33-29(38)20-7-8-20/h6,18-22,24-25,27-28,34,37H,1,7-17H2,2-5H3,(H,33,38)/t18?,19-,21+,22+,24-,25+,27-,28-,30+,31-,32?/m0/s1. The van der Waals surface area contributed by atoms with Crippen molar-refractivity contribution < 1.29 is 29.3 Å². The fourth-order valence-electron chi connectivity index (χ4n) is 8.96. The number of nitrogens with one attached hydrogen (secondary N) is 1. The number of carbonyl (C=O) groups excluding carboxylic acids is 3. The van der Waals surface area contributed by atoms with E-state index in [1.54, 1.807) is 0 Å². The average Bonchev–Trinajstić information content (AvgIpc) is 3.72. The third kappa shape index (κ3) is 5.08. The summed E-state index contributed by atoms with van der Waals surface area (Å²) in [6.07, 6.45) is 7.51. The van der Waals surface area contributed by atoms with Crippen LogP contribution in [0.25, 0.3) is 0 Å². The fraction of sp³-hybridized carbons (Fsp3) is 0.844. The minimum Gasteiger partial charge on any atom is -0.461 e. The number of carbonyl (C=O) groups is 3. The molecule has 0 aromatic carbocycles. The molecule has 5 aliphatic rings. The maximum absolute atomic E-state index is 13.6. The smallest absolute Gasteiger partial charge is 0.316 e. The van der Waals surface area contributed by atoms with Gasteiger partial charge in [-0.1, -0.05) is 33.8 Å². The SMILES string of the molecule is C=C[C@]1(C)C[C@@H](OC(=O)CS[C@H]2C[C@H](NC(=O)C3CC3)CC[C@H]2O)[C@]2(C)C(C)CCC3(CCC(=O)[C@H]32)[C@@H](C)[C@@H]1O. The van der Waals surface area contributed by atoms with Crippen molar-refractivity contribution in [1.29, 1.82) is 0 Å². The Kier molecular flexibility index (Phi) is 8.30. The maximum Gasteiger partial charge on any atom is 0.316 e. The molecule has 8 heteroatoms. The lowest BCUT2D eigenvalue weighted by Gasteiger charge is -2.61. The summed E-state index contributed by atoms with van der Waals surface area (Å²) in [6.45, 7) is 12.5. The molecule has 0 spiro atoms. The van der Waals surface area contributed by atoms with Gasteiger partial charge in [-0.2, -0.15) is 0 Å². The van der Waals surface area contributed by atoms with Crippen LogP contribution in [0.4, 0.5) is 0 Å². The number of thioether (sulfide) groups is 1. The molecule has 5 rings (SSSR count). The predicted molar refractivity (Wildman–Crippen MR) is 155 cm³/mol. The van der Waals surface area contributed by atoms with Gasteiger partial charge in [0, 0.05) is 40.4 Å². The first-order valence-electron chi connectivity index (χ1n) is 15.5. The van der Waals surface area contributed by atoms with Crippen LogP contribution < -0.4 is 5.32 Å². The lowest BCUT2D eigenvalue weighted by molar-refractivity contribution is -0.205. The molecule has 0 aromatic heterocycles. The van der Waals surface area contributed by atoms with E-state index in [1.807, 2.05) is 13.0 Å². The van der Waals surface area contributed by atoms with Crippen molar-refractivity contribution in [3.8, 4) is 0 Å². The van der Waals surface area contributed by atoms with Crippen LogP contribution in [0.2, 0.25) is 0 Å². The molecule has 0 heterocycles. The van der Waals surface area contributed by atoms with Crippen LogP contribution in [-0.2, 0) is 19.1 Å². The molecule has 40 heavy (non-hydrogen) atoms. The van der Waals surface area contributed by atoms with Gasteiger partial charge in [-0.05, 0) is 75.0 Å². The summed E-state index contributed by atoms with van der Waals surface area (Å²) in [7, 11) is 0. The van der Waals surface area contributed by atoms with Crippen LogP contribution in [-0.4, -0.2) is 63.2 Å². The summed E-state index contributed by atoms with van der Waals surface area (Å²) in [5.74, 6) is 0.129. The highest BCUT2D eigenvalue weighted by atomic mass is 32.2. The number of hydrogen-bond donors (Lipinski definition) is 3. The van der Waals surface area contributed by atoms with E-state index in [9.17, 15) is 24.6 Å². The summed E-state index contributed by atoms with van der Waals surface area (Å²) in [4.78, 5) is 39.3. The van der Waals surface area contributed by atoms with E-state index < -0.39 is 29.1 Å². The number of esters is 1. The second-order valence-electron chi connectivity index (χ2n) is 14.3. The Hall–Kier alpha value is -1.38. The van der Waals surface area contributed by atoms with E-state index >= 15 is 0 Å². The van der Waals surface area contributed by atoms with Gasteiger partial charge in [0.1, 0.15) is 11.9 Å². The number of hydrogen-bond acceptors (Lipinski definition) is 7. The summed E-state index contributed by atoms with van der Waals surface area (Å²) >= 11 is 1.40. The maximum atomic E-state index is 13.6. The van der Waals surface area contributed by atoms with Gasteiger partial charge in [-0.25, -0.2) is 0 Å². The van der Waals surface area contributed by atoms with Crippen LogP contribution in [0, 0.1) is 39.9 Å². The van der Waals surface area contributed by atoms with Crippen molar-refractivity contribution in [3.63, 3.8) is 0 Å². The molecule has 11 atom stereocenters. The average molecular weight is 576 g/mol. The van der Waals surface area contributed by atoms with Gasteiger partial charge in [-0.3, -0.25) is 14.4 Å². The van der Waals surface area contributed by atoms with Crippen molar-refractivity contribution in [2.75, 3.05) is 5.75 Å². The first-order valence-corrected chi connectivity index (χ1v) is 16.5. The zero-order chi connectivity index (χ0) is 29.0. The third-order valence-corrected chi connectivity index (χ3v) is 13.4. The van der Waals surface area contributed by atoms with Crippen LogP contribution >= 0.6 is 11.8 Å². The van der Waals surface area contributed by atoms with Gasteiger partial charge >= 0.3 is 5.97 Å². The zero-order valence-corrected chi connectivity index (χ0v) is 25.5. The van der Waals surface area contributed by atoms with Gasteiger partial charge in [-0.15, -0.1) is 18.3 Å². The molecule has 0 saturated heterocycles. The molecular formula is C32H49NO6S. The Morgan fingerprint density at radius 1 is 1.12 bits per heavy atom. The first-order chi connectivity index (χ1) is 18.9. The lowest BCUT2D eigenvalue weighted by Crippen LogP contribution is -2.63. The molecule has 0 aromatic rings. The van der Waals surface area contributed by atoms with Crippen molar-refractivity contribution in [2.45, 2.75) is 122 Å². The number of amides is 1.